The maximum absolute atomic E-state index is 12.2. The number of hydrogen-bond donors (Lipinski definition) is 2. The van der Waals surface area contributed by atoms with Crippen molar-refractivity contribution in [2.24, 2.45) is 17.3 Å². The quantitative estimate of drug-likeness (QED) is 0.809. The van der Waals surface area contributed by atoms with E-state index in [-0.39, 0.29) is 17.2 Å². The average molecular weight is 289 g/mol. The first-order valence-electron chi connectivity index (χ1n) is 8.01. The predicted molar refractivity (Wildman–Crippen MR) is 84.7 cm³/mol. The molecule has 21 heavy (non-hydrogen) atoms. The van der Waals surface area contributed by atoms with Crippen molar-refractivity contribution in [2.75, 3.05) is 6.54 Å². The Morgan fingerprint density at radius 2 is 1.90 bits per heavy atom. The molecule has 0 heterocycles. The molecule has 2 N–H and O–H groups in total. The predicted octanol–water partition coefficient (Wildman–Crippen LogP) is 3.30. The maximum atomic E-state index is 12.2. The first-order valence-corrected chi connectivity index (χ1v) is 8.01. The van der Waals surface area contributed by atoms with Gasteiger partial charge < -0.3 is 10.4 Å². The van der Waals surface area contributed by atoms with E-state index in [0.29, 0.717) is 12.5 Å². The van der Waals surface area contributed by atoms with Crippen LogP contribution < -0.4 is 5.32 Å². The second kappa shape index (κ2) is 6.61. The van der Waals surface area contributed by atoms with Crippen LogP contribution in [0, 0.1) is 17.3 Å². The summed E-state index contributed by atoms with van der Waals surface area (Å²) < 4.78 is 0. The van der Waals surface area contributed by atoms with Gasteiger partial charge in [-0.15, -0.1) is 0 Å². The van der Waals surface area contributed by atoms with Crippen LogP contribution in [0.2, 0.25) is 0 Å². The third-order valence-corrected chi connectivity index (χ3v) is 5.11. The Kier molecular flexibility index (Phi) is 5.04. The summed E-state index contributed by atoms with van der Waals surface area (Å²) in [6.07, 6.45) is 2.46. The summed E-state index contributed by atoms with van der Waals surface area (Å²) in [7, 11) is 0. The zero-order chi connectivity index (χ0) is 15.5. The first kappa shape index (κ1) is 16.0. The summed E-state index contributed by atoms with van der Waals surface area (Å²) in [4.78, 5) is 12.2. The highest BCUT2D eigenvalue weighted by Gasteiger charge is 2.49. The molecule has 1 saturated carbocycles. The van der Waals surface area contributed by atoms with Crippen LogP contribution in [-0.4, -0.2) is 17.6 Å². The van der Waals surface area contributed by atoms with Crippen molar-refractivity contribution in [3.63, 3.8) is 0 Å². The molecule has 1 aliphatic carbocycles. The molecule has 3 atom stereocenters. The van der Waals surface area contributed by atoms with Crippen LogP contribution in [0.3, 0.4) is 0 Å². The normalized spacial score (nSPS) is 20.4. The number of carbonyl (C=O) groups excluding carboxylic acids is 1. The molecule has 1 aromatic carbocycles. The number of aliphatic hydroxyl groups excluding tert-OH is 1. The van der Waals surface area contributed by atoms with Gasteiger partial charge in [-0.2, -0.15) is 0 Å². The third-order valence-electron chi connectivity index (χ3n) is 5.11. The Hall–Kier alpha value is -1.35. The molecule has 2 rings (SSSR count). The van der Waals surface area contributed by atoms with Crippen LogP contribution in [0.15, 0.2) is 30.3 Å². The van der Waals surface area contributed by atoms with Crippen LogP contribution in [0.5, 0.6) is 0 Å². The molecule has 3 heteroatoms. The number of rotatable bonds is 7. The van der Waals surface area contributed by atoms with Crippen molar-refractivity contribution in [1.29, 1.82) is 0 Å². The van der Waals surface area contributed by atoms with Gasteiger partial charge >= 0.3 is 0 Å². The Labute approximate surface area is 127 Å². The molecule has 0 spiro atoms. The van der Waals surface area contributed by atoms with E-state index in [9.17, 15) is 9.90 Å². The summed E-state index contributed by atoms with van der Waals surface area (Å²) >= 11 is 0. The van der Waals surface area contributed by atoms with Gasteiger partial charge in [-0.25, -0.2) is 0 Å². The highest BCUT2D eigenvalue weighted by Crippen LogP contribution is 2.54. The molecule has 3 nitrogen and oxygen atoms in total. The van der Waals surface area contributed by atoms with Gasteiger partial charge in [0.1, 0.15) is 0 Å². The Bertz CT molecular complexity index is 467. The SMILES string of the molecule is CCC(C)C(C)C(=O)NCC1(C(O)c2ccccc2)CC1. The lowest BCUT2D eigenvalue weighted by Gasteiger charge is -2.25. The van der Waals surface area contributed by atoms with Gasteiger partial charge in [0.25, 0.3) is 0 Å². The van der Waals surface area contributed by atoms with E-state index >= 15 is 0 Å². The van der Waals surface area contributed by atoms with E-state index in [1.165, 1.54) is 0 Å². The van der Waals surface area contributed by atoms with E-state index in [4.69, 9.17) is 0 Å². The summed E-state index contributed by atoms with van der Waals surface area (Å²) in [6.45, 7) is 6.77. The number of amides is 1. The Morgan fingerprint density at radius 1 is 1.29 bits per heavy atom. The lowest BCUT2D eigenvalue weighted by atomic mass is 9.90. The molecule has 0 aliphatic heterocycles. The van der Waals surface area contributed by atoms with Gasteiger partial charge in [-0.1, -0.05) is 57.5 Å². The average Bonchev–Trinajstić information content (AvgIpc) is 3.32. The van der Waals surface area contributed by atoms with Crippen molar-refractivity contribution in [2.45, 2.75) is 46.1 Å². The molecular weight excluding hydrogens is 262 g/mol. The number of carbonyl (C=O) groups is 1. The minimum atomic E-state index is -0.488. The van der Waals surface area contributed by atoms with Crippen LogP contribution in [0.25, 0.3) is 0 Å². The minimum Gasteiger partial charge on any atom is -0.388 e. The van der Waals surface area contributed by atoms with Crippen molar-refractivity contribution >= 4 is 5.91 Å². The number of hydrogen-bond acceptors (Lipinski definition) is 2. The van der Waals surface area contributed by atoms with Gasteiger partial charge in [0.05, 0.1) is 6.10 Å². The van der Waals surface area contributed by atoms with Crippen LogP contribution in [-0.2, 0) is 4.79 Å². The fourth-order valence-corrected chi connectivity index (χ4v) is 2.73. The van der Waals surface area contributed by atoms with E-state index in [1.807, 2.05) is 37.3 Å². The Morgan fingerprint density at radius 3 is 2.43 bits per heavy atom. The molecule has 0 saturated heterocycles. The molecule has 1 fully saturated rings. The van der Waals surface area contributed by atoms with Crippen molar-refractivity contribution in [1.82, 2.24) is 5.32 Å². The summed E-state index contributed by atoms with van der Waals surface area (Å²) in [5.41, 5.74) is 0.783. The summed E-state index contributed by atoms with van der Waals surface area (Å²) in [5.74, 6) is 0.523. The fourth-order valence-electron chi connectivity index (χ4n) is 2.73. The molecular formula is C18H27NO2. The van der Waals surface area contributed by atoms with Gasteiger partial charge in [0, 0.05) is 17.9 Å². The number of aliphatic hydroxyl groups is 1. The largest absolute Gasteiger partial charge is 0.388 e. The van der Waals surface area contributed by atoms with Crippen LogP contribution >= 0.6 is 0 Å². The lowest BCUT2D eigenvalue weighted by Crippen LogP contribution is -2.38. The minimum absolute atomic E-state index is 0.0275. The van der Waals surface area contributed by atoms with E-state index < -0.39 is 6.10 Å². The van der Waals surface area contributed by atoms with E-state index in [2.05, 4.69) is 19.2 Å². The standard InChI is InChI=1S/C18H27NO2/c1-4-13(2)14(3)17(21)19-12-18(10-11-18)16(20)15-8-6-5-7-9-15/h5-9,13-14,16,20H,4,10-12H2,1-3H3,(H,19,21). The molecule has 1 amide bonds. The monoisotopic (exact) mass is 289 g/mol. The number of benzene rings is 1. The highest BCUT2D eigenvalue weighted by molar-refractivity contribution is 5.78. The smallest absolute Gasteiger partial charge is 0.223 e. The lowest BCUT2D eigenvalue weighted by molar-refractivity contribution is -0.126. The van der Waals surface area contributed by atoms with Crippen molar-refractivity contribution in [3.05, 3.63) is 35.9 Å². The molecule has 0 bridgehead atoms. The van der Waals surface area contributed by atoms with Gasteiger partial charge in [0.2, 0.25) is 5.91 Å². The topological polar surface area (TPSA) is 49.3 Å². The molecule has 1 aliphatic rings. The summed E-state index contributed by atoms with van der Waals surface area (Å²) in [6, 6.07) is 9.74. The third kappa shape index (κ3) is 3.65. The van der Waals surface area contributed by atoms with E-state index in [0.717, 1.165) is 24.8 Å². The second-order valence-corrected chi connectivity index (χ2v) is 6.57. The first-order chi connectivity index (χ1) is 10.00. The molecule has 3 unspecified atom stereocenters. The highest BCUT2D eigenvalue weighted by atomic mass is 16.3. The van der Waals surface area contributed by atoms with Crippen molar-refractivity contribution in [3.8, 4) is 0 Å². The zero-order valence-electron chi connectivity index (χ0n) is 13.3. The number of nitrogens with one attached hydrogen (secondary N) is 1. The molecule has 0 radical (unpaired) electrons. The van der Waals surface area contributed by atoms with Crippen LogP contribution in [0.4, 0.5) is 0 Å². The zero-order valence-corrected chi connectivity index (χ0v) is 13.3. The molecule has 1 aromatic rings. The van der Waals surface area contributed by atoms with Gasteiger partial charge in [-0.05, 0) is 24.3 Å². The maximum Gasteiger partial charge on any atom is 0.223 e. The molecule has 0 aromatic heterocycles. The van der Waals surface area contributed by atoms with Crippen molar-refractivity contribution < 1.29 is 9.90 Å². The van der Waals surface area contributed by atoms with E-state index in [1.54, 1.807) is 0 Å². The Balaban J connectivity index is 1.92. The summed E-state index contributed by atoms with van der Waals surface area (Å²) in [5, 5.41) is 13.6. The van der Waals surface area contributed by atoms with Crippen LogP contribution in [0.1, 0.15) is 51.7 Å². The molecule has 116 valence electrons. The van der Waals surface area contributed by atoms with Gasteiger partial charge in [-0.3, -0.25) is 4.79 Å². The second-order valence-electron chi connectivity index (χ2n) is 6.57. The van der Waals surface area contributed by atoms with Gasteiger partial charge in [0.15, 0.2) is 0 Å². The fraction of sp³-hybridized carbons (Fsp3) is 0.611.